The molecule has 1 atom stereocenters. The van der Waals surface area contributed by atoms with E-state index in [2.05, 4.69) is 10.3 Å². The van der Waals surface area contributed by atoms with Gasteiger partial charge in [0.05, 0.1) is 4.92 Å². The zero-order valence-electron chi connectivity index (χ0n) is 12.1. The maximum Gasteiger partial charge on any atom is 0.316 e. The quantitative estimate of drug-likeness (QED) is 0.506. The van der Waals surface area contributed by atoms with E-state index >= 15 is 0 Å². The van der Waals surface area contributed by atoms with Crippen LogP contribution in [-0.2, 0) is 0 Å². The molecule has 0 aromatic heterocycles. The maximum atomic E-state index is 11.5. The zero-order valence-corrected chi connectivity index (χ0v) is 12.1. The van der Waals surface area contributed by atoms with E-state index in [4.69, 9.17) is 5.84 Å². The highest BCUT2D eigenvalue weighted by atomic mass is 16.6. The number of hydrogen-bond donors (Lipinski definition) is 2. The molecule has 0 amide bonds. The Morgan fingerprint density at radius 2 is 2.00 bits per heavy atom. The summed E-state index contributed by atoms with van der Waals surface area (Å²) in [6, 6.07) is 5.79. The predicted octanol–water partition coefficient (Wildman–Crippen LogP) is 3.04. The summed E-state index contributed by atoms with van der Waals surface area (Å²) < 4.78 is 0. The lowest BCUT2D eigenvalue weighted by molar-refractivity contribution is -0.383. The molecule has 114 valence electrons. The number of nitrogens with two attached hydrogens (primary N) is 1. The molecule has 1 aliphatic carbocycles. The van der Waals surface area contributed by atoms with Gasteiger partial charge in [-0.3, -0.25) is 16.0 Å². The normalized spacial score (nSPS) is 22.7. The van der Waals surface area contributed by atoms with Crippen molar-refractivity contribution >= 4 is 17.1 Å². The van der Waals surface area contributed by atoms with Crippen LogP contribution in [0, 0.1) is 16.0 Å². The molecule has 2 aliphatic rings. The first-order valence-corrected chi connectivity index (χ1v) is 7.73. The minimum Gasteiger partial charge on any atom is -0.363 e. The van der Waals surface area contributed by atoms with E-state index in [9.17, 15) is 10.1 Å². The third-order valence-corrected chi connectivity index (χ3v) is 4.91. The highest BCUT2D eigenvalue weighted by Gasteiger charge is 2.36. The number of nitrogens with one attached hydrogen (secondary N) is 1. The first kappa shape index (κ1) is 14.1. The van der Waals surface area contributed by atoms with E-state index in [0.29, 0.717) is 23.3 Å². The molecule has 2 fully saturated rings. The number of para-hydroxylation sites is 1. The van der Waals surface area contributed by atoms with Crippen LogP contribution in [0.5, 0.6) is 0 Å². The Balaban J connectivity index is 1.96. The standard InChI is InChI=1S/C15H22N4O2/c16-17-12-7-3-8-14(15(12)19(20)21)18-10-4-9-13(18)11-5-1-2-6-11/h3,7-8,11,13,17H,1-2,4-6,9-10,16H2. The molecular formula is C15H22N4O2. The van der Waals surface area contributed by atoms with Crippen molar-refractivity contribution in [1.82, 2.24) is 0 Å². The number of nitrogen functional groups attached to an aromatic ring is 1. The highest BCUT2D eigenvalue weighted by Crippen LogP contribution is 2.42. The van der Waals surface area contributed by atoms with E-state index in [0.717, 1.165) is 19.4 Å². The number of nitro groups is 1. The van der Waals surface area contributed by atoms with Crippen molar-refractivity contribution in [1.29, 1.82) is 0 Å². The summed E-state index contributed by atoms with van der Waals surface area (Å²) in [5.41, 5.74) is 3.66. The zero-order chi connectivity index (χ0) is 14.8. The van der Waals surface area contributed by atoms with Crippen LogP contribution < -0.4 is 16.2 Å². The van der Waals surface area contributed by atoms with Crippen LogP contribution in [0.2, 0.25) is 0 Å². The van der Waals surface area contributed by atoms with E-state index in [-0.39, 0.29) is 10.6 Å². The van der Waals surface area contributed by atoms with Crippen LogP contribution in [0.4, 0.5) is 17.1 Å². The molecular weight excluding hydrogens is 268 g/mol. The molecule has 1 unspecified atom stereocenters. The molecule has 21 heavy (non-hydrogen) atoms. The second-order valence-corrected chi connectivity index (χ2v) is 6.02. The van der Waals surface area contributed by atoms with E-state index in [1.165, 1.54) is 25.7 Å². The molecule has 1 heterocycles. The van der Waals surface area contributed by atoms with E-state index in [1.54, 1.807) is 6.07 Å². The molecule has 1 aromatic carbocycles. The molecule has 0 radical (unpaired) electrons. The fourth-order valence-electron chi connectivity index (χ4n) is 4.00. The topological polar surface area (TPSA) is 84.4 Å². The Kier molecular flexibility index (Phi) is 3.96. The van der Waals surface area contributed by atoms with Crippen LogP contribution in [0.25, 0.3) is 0 Å². The lowest BCUT2D eigenvalue weighted by atomic mass is 9.95. The summed E-state index contributed by atoms with van der Waals surface area (Å²) >= 11 is 0. The fraction of sp³-hybridized carbons (Fsp3) is 0.600. The first-order valence-electron chi connectivity index (χ1n) is 7.73. The van der Waals surface area contributed by atoms with Crippen LogP contribution in [0.15, 0.2) is 18.2 Å². The first-order chi connectivity index (χ1) is 10.2. The second-order valence-electron chi connectivity index (χ2n) is 6.02. The monoisotopic (exact) mass is 290 g/mol. The summed E-state index contributed by atoms with van der Waals surface area (Å²) in [6.07, 6.45) is 7.34. The summed E-state index contributed by atoms with van der Waals surface area (Å²) in [5, 5.41) is 11.5. The van der Waals surface area contributed by atoms with Crippen molar-refractivity contribution in [3.63, 3.8) is 0 Å². The average Bonchev–Trinajstić information content (AvgIpc) is 3.16. The van der Waals surface area contributed by atoms with Crippen molar-refractivity contribution in [3.8, 4) is 0 Å². The molecule has 6 nitrogen and oxygen atoms in total. The molecule has 1 aliphatic heterocycles. The Hall–Kier alpha value is -1.82. The lowest BCUT2D eigenvalue weighted by Gasteiger charge is -2.31. The van der Waals surface area contributed by atoms with E-state index in [1.807, 2.05) is 12.1 Å². The van der Waals surface area contributed by atoms with Crippen LogP contribution in [0.1, 0.15) is 38.5 Å². The van der Waals surface area contributed by atoms with Gasteiger partial charge in [0.15, 0.2) is 0 Å². The van der Waals surface area contributed by atoms with Gasteiger partial charge < -0.3 is 10.3 Å². The van der Waals surface area contributed by atoms with Crippen LogP contribution >= 0.6 is 0 Å². The molecule has 6 heteroatoms. The van der Waals surface area contributed by atoms with Gasteiger partial charge in [-0.2, -0.15) is 0 Å². The summed E-state index contributed by atoms with van der Waals surface area (Å²) in [6.45, 7) is 0.899. The molecule has 1 saturated carbocycles. The van der Waals surface area contributed by atoms with Gasteiger partial charge in [-0.1, -0.05) is 18.9 Å². The van der Waals surface area contributed by atoms with Crippen LogP contribution in [0.3, 0.4) is 0 Å². The Morgan fingerprint density at radius 3 is 2.67 bits per heavy atom. The van der Waals surface area contributed by atoms with Gasteiger partial charge in [-0.15, -0.1) is 0 Å². The lowest BCUT2D eigenvalue weighted by Crippen LogP contribution is -2.35. The number of hydrogen-bond acceptors (Lipinski definition) is 5. The number of anilines is 2. The van der Waals surface area contributed by atoms with Gasteiger partial charge >= 0.3 is 5.69 Å². The number of rotatable bonds is 4. The van der Waals surface area contributed by atoms with E-state index < -0.39 is 0 Å². The molecule has 3 N–H and O–H groups in total. The molecule has 0 spiro atoms. The number of nitrogens with zero attached hydrogens (tertiary/aromatic N) is 2. The summed E-state index contributed by atoms with van der Waals surface area (Å²) in [5.74, 6) is 6.12. The maximum absolute atomic E-state index is 11.5. The van der Waals surface area contributed by atoms with Crippen molar-refractivity contribution in [2.45, 2.75) is 44.6 Å². The van der Waals surface area contributed by atoms with Crippen molar-refractivity contribution in [2.24, 2.45) is 11.8 Å². The predicted molar refractivity (Wildman–Crippen MR) is 83.2 cm³/mol. The van der Waals surface area contributed by atoms with Gasteiger partial charge in [0.2, 0.25) is 0 Å². The SMILES string of the molecule is NNc1cccc(N2CCCC2C2CCCC2)c1[N+](=O)[O-]. The minimum atomic E-state index is -0.325. The summed E-state index contributed by atoms with van der Waals surface area (Å²) in [7, 11) is 0. The van der Waals surface area contributed by atoms with Crippen molar-refractivity contribution in [2.75, 3.05) is 16.9 Å². The largest absolute Gasteiger partial charge is 0.363 e. The number of nitro benzene ring substituents is 1. The number of hydrazine groups is 1. The third kappa shape index (κ3) is 2.55. The molecule has 3 rings (SSSR count). The van der Waals surface area contributed by atoms with Crippen molar-refractivity contribution < 1.29 is 4.92 Å². The Bertz CT molecular complexity index is 528. The van der Waals surface area contributed by atoms with Gasteiger partial charge in [0.1, 0.15) is 11.4 Å². The molecule has 1 saturated heterocycles. The van der Waals surface area contributed by atoms with Crippen LogP contribution in [-0.4, -0.2) is 17.5 Å². The Morgan fingerprint density at radius 1 is 1.24 bits per heavy atom. The second kappa shape index (κ2) is 5.89. The number of benzene rings is 1. The fourth-order valence-corrected chi connectivity index (χ4v) is 4.00. The highest BCUT2D eigenvalue weighted by molar-refractivity contribution is 5.77. The van der Waals surface area contributed by atoms with Gasteiger partial charge in [0, 0.05) is 12.6 Å². The average molecular weight is 290 g/mol. The minimum absolute atomic E-state index is 0.102. The van der Waals surface area contributed by atoms with Gasteiger partial charge in [-0.05, 0) is 43.7 Å². The van der Waals surface area contributed by atoms with Gasteiger partial charge in [-0.25, -0.2) is 0 Å². The smallest absolute Gasteiger partial charge is 0.316 e. The summed E-state index contributed by atoms with van der Waals surface area (Å²) in [4.78, 5) is 13.4. The van der Waals surface area contributed by atoms with Gasteiger partial charge in [0.25, 0.3) is 0 Å². The third-order valence-electron chi connectivity index (χ3n) is 4.91. The molecule has 1 aromatic rings. The Labute approximate surface area is 124 Å². The van der Waals surface area contributed by atoms with Crippen molar-refractivity contribution in [3.05, 3.63) is 28.3 Å². The molecule has 0 bridgehead atoms.